The quantitative estimate of drug-likeness (QED) is 0.329. The minimum Gasteiger partial charge on any atom is -0.459 e. The summed E-state index contributed by atoms with van der Waals surface area (Å²) in [5.41, 5.74) is 0.600. The molecule has 4 aliphatic carbocycles. The molecular formula is C27H40O6. The molecule has 3 fully saturated rings. The van der Waals surface area contributed by atoms with Gasteiger partial charge in [-0.25, -0.2) is 0 Å². The van der Waals surface area contributed by atoms with Crippen molar-refractivity contribution in [3.05, 3.63) is 11.6 Å². The Morgan fingerprint density at radius 3 is 2.24 bits per heavy atom. The van der Waals surface area contributed by atoms with Gasteiger partial charge in [-0.1, -0.05) is 19.4 Å². The lowest BCUT2D eigenvalue weighted by atomic mass is 9.46. The van der Waals surface area contributed by atoms with Gasteiger partial charge in [-0.2, -0.15) is 0 Å². The summed E-state index contributed by atoms with van der Waals surface area (Å²) in [7, 11) is 0. The summed E-state index contributed by atoms with van der Waals surface area (Å²) in [5.74, 6) is 0.710. The van der Waals surface area contributed by atoms with E-state index in [1.807, 2.05) is 6.92 Å². The van der Waals surface area contributed by atoms with Crippen molar-refractivity contribution in [2.24, 2.45) is 28.6 Å². The summed E-state index contributed by atoms with van der Waals surface area (Å²) in [4.78, 5) is 35.5. The average molecular weight is 461 g/mol. The predicted octanol–water partition coefficient (Wildman–Crippen LogP) is 5.13. The van der Waals surface area contributed by atoms with Gasteiger partial charge in [0.25, 0.3) is 0 Å². The van der Waals surface area contributed by atoms with E-state index in [0.717, 1.165) is 51.4 Å². The van der Waals surface area contributed by atoms with Gasteiger partial charge in [0, 0.05) is 26.2 Å². The Hall–Kier alpha value is -1.85. The SMILES string of the molecule is CC(=O)O[C@@H]1C=C2CC[C@@H]3[C@H](CC[C@@]4(C)[C@H]3CC[C@]4(OC(C)=O)[C@@H](C)OC(C)=O)[C@@]2(C)CC1. The first-order valence-corrected chi connectivity index (χ1v) is 12.7. The van der Waals surface area contributed by atoms with Crippen molar-refractivity contribution in [2.45, 2.75) is 111 Å². The number of carbonyl (C=O) groups is 3. The van der Waals surface area contributed by atoms with E-state index in [4.69, 9.17) is 14.2 Å². The number of esters is 3. The maximum absolute atomic E-state index is 12.2. The summed E-state index contributed by atoms with van der Waals surface area (Å²) in [6.07, 6.45) is 9.47. The molecule has 0 N–H and O–H groups in total. The molecule has 0 amide bonds. The Balaban J connectivity index is 1.63. The van der Waals surface area contributed by atoms with E-state index in [9.17, 15) is 14.4 Å². The molecule has 0 bridgehead atoms. The van der Waals surface area contributed by atoms with Crippen LogP contribution < -0.4 is 0 Å². The van der Waals surface area contributed by atoms with Gasteiger partial charge in [0.05, 0.1) is 0 Å². The molecule has 0 unspecified atom stereocenters. The second kappa shape index (κ2) is 8.42. The molecule has 0 aromatic heterocycles. The maximum Gasteiger partial charge on any atom is 0.303 e. The van der Waals surface area contributed by atoms with Crippen LogP contribution >= 0.6 is 0 Å². The molecule has 0 aromatic carbocycles. The van der Waals surface area contributed by atoms with E-state index < -0.39 is 11.7 Å². The Labute approximate surface area is 197 Å². The molecule has 0 aliphatic heterocycles. The smallest absolute Gasteiger partial charge is 0.303 e. The highest BCUT2D eigenvalue weighted by atomic mass is 16.6. The van der Waals surface area contributed by atoms with Crippen LogP contribution in [0.5, 0.6) is 0 Å². The van der Waals surface area contributed by atoms with Crippen LogP contribution in [-0.2, 0) is 28.6 Å². The number of fused-ring (bicyclic) bond motifs is 5. The normalized spacial score (nSPS) is 42.7. The van der Waals surface area contributed by atoms with Crippen molar-refractivity contribution in [2.75, 3.05) is 0 Å². The fourth-order valence-electron chi connectivity index (χ4n) is 8.55. The molecule has 6 nitrogen and oxygen atoms in total. The summed E-state index contributed by atoms with van der Waals surface area (Å²) in [6.45, 7) is 10.9. The first kappa shape index (κ1) is 24.3. The van der Waals surface area contributed by atoms with E-state index in [-0.39, 0.29) is 34.8 Å². The Morgan fingerprint density at radius 2 is 1.61 bits per heavy atom. The lowest BCUT2D eigenvalue weighted by Crippen LogP contribution is -2.60. The molecule has 8 atom stereocenters. The Kier molecular flexibility index (Phi) is 6.20. The van der Waals surface area contributed by atoms with Crippen molar-refractivity contribution >= 4 is 17.9 Å². The van der Waals surface area contributed by atoms with Gasteiger partial charge in [0.2, 0.25) is 0 Å². The third-order valence-electron chi connectivity index (χ3n) is 9.90. The highest BCUT2D eigenvalue weighted by molar-refractivity contribution is 5.68. The number of hydrogen-bond acceptors (Lipinski definition) is 6. The Bertz CT molecular complexity index is 863. The first-order chi connectivity index (χ1) is 15.4. The van der Waals surface area contributed by atoms with Crippen molar-refractivity contribution in [1.29, 1.82) is 0 Å². The van der Waals surface area contributed by atoms with Crippen molar-refractivity contribution < 1.29 is 28.6 Å². The van der Waals surface area contributed by atoms with E-state index in [2.05, 4.69) is 19.9 Å². The molecule has 0 radical (unpaired) electrons. The molecule has 0 saturated heterocycles. The molecule has 33 heavy (non-hydrogen) atoms. The molecule has 0 heterocycles. The molecule has 6 heteroatoms. The zero-order valence-electron chi connectivity index (χ0n) is 21.1. The van der Waals surface area contributed by atoms with Crippen LogP contribution in [0.15, 0.2) is 11.6 Å². The van der Waals surface area contributed by atoms with Crippen LogP contribution in [-0.4, -0.2) is 35.7 Å². The van der Waals surface area contributed by atoms with Crippen molar-refractivity contribution in [3.8, 4) is 0 Å². The van der Waals surface area contributed by atoms with Crippen LogP contribution in [0.1, 0.15) is 92.9 Å². The monoisotopic (exact) mass is 460 g/mol. The summed E-state index contributed by atoms with van der Waals surface area (Å²) in [5, 5.41) is 0. The molecule has 4 rings (SSSR count). The number of allylic oxidation sites excluding steroid dienone is 1. The van der Waals surface area contributed by atoms with Gasteiger partial charge in [-0.3, -0.25) is 14.4 Å². The maximum atomic E-state index is 12.2. The standard InChI is InChI=1S/C27H40O6/c1-16(31-17(2)28)27(33-19(4)30)14-11-24-22-8-7-20-15-21(32-18(3)29)9-12-25(20,5)23(22)10-13-26(24,27)6/h15-16,21-24H,7-14H2,1-6H3/t16-,21+,22-,23+,24+,25+,26+,27+/m1/s1. The van der Waals surface area contributed by atoms with E-state index >= 15 is 0 Å². The van der Waals surface area contributed by atoms with Crippen LogP contribution in [0.25, 0.3) is 0 Å². The third-order valence-corrected chi connectivity index (χ3v) is 9.90. The van der Waals surface area contributed by atoms with Crippen LogP contribution in [0.3, 0.4) is 0 Å². The molecular weight excluding hydrogens is 420 g/mol. The second-order valence-corrected chi connectivity index (χ2v) is 11.4. The van der Waals surface area contributed by atoms with Crippen LogP contribution in [0, 0.1) is 28.6 Å². The van der Waals surface area contributed by atoms with Gasteiger partial charge in [0.15, 0.2) is 5.60 Å². The molecule has 4 aliphatic rings. The number of carbonyl (C=O) groups excluding carboxylic acids is 3. The van der Waals surface area contributed by atoms with Crippen molar-refractivity contribution in [1.82, 2.24) is 0 Å². The zero-order valence-corrected chi connectivity index (χ0v) is 21.1. The minimum atomic E-state index is -0.774. The van der Waals surface area contributed by atoms with Gasteiger partial charge < -0.3 is 14.2 Å². The summed E-state index contributed by atoms with van der Waals surface area (Å²) in [6, 6.07) is 0. The van der Waals surface area contributed by atoms with Crippen LogP contribution in [0.4, 0.5) is 0 Å². The molecule has 3 saturated carbocycles. The lowest BCUT2D eigenvalue weighted by molar-refractivity contribution is -0.215. The lowest BCUT2D eigenvalue weighted by Gasteiger charge is -2.60. The highest BCUT2D eigenvalue weighted by Crippen LogP contribution is 2.69. The number of rotatable bonds is 4. The number of hydrogen-bond donors (Lipinski definition) is 0. The third kappa shape index (κ3) is 3.81. The highest BCUT2D eigenvalue weighted by Gasteiger charge is 2.68. The van der Waals surface area contributed by atoms with Crippen LogP contribution in [0.2, 0.25) is 0 Å². The van der Waals surface area contributed by atoms with Gasteiger partial charge in [0.1, 0.15) is 12.2 Å². The largest absolute Gasteiger partial charge is 0.459 e. The van der Waals surface area contributed by atoms with E-state index in [1.165, 1.54) is 26.3 Å². The minimum absolute atomic E-state index is 0.0938. The fraction of sp³-hybridized carbons (Fsp3) is 0.815. The summed E-state index contributed by atoms with van der Waals surface area (Å²) < 4.78 is 17.3. The predicted molar refractivity (Wildman–Crippen MR) is 123 cm³/mol. The molecule has 0 aromatic rings. The Morgan fingerprint density at radius 1 is 0.909 bits per heavy atom. The molecule has 184 valence electrons. The fourth-order valence-corrected chi connectivity index (χ4v) is 8.55. The summed E-state index contributed by atoms with van der Waals surface area (Å²) >= 11 is 0. The van der Waals surface area contributed by atoms with E-state index in [1.54, 1.807) is 0 Å². The van der Waals surface area contributed by atoms with Crippen molar-refractivity contribution in [3.63, 3.8) is 0 Å². The molecule has 0 spiro atoms. The van der Waals surface area contributed by atoms with E-state index in [0.29, 0.717) is 17.8 Å². The van der Waals surface area contributed by atoms with Gasteiger partial charge >= 0.3 is 17.9 Å². The topological polar surface area (TPSA) is 78.9 Å². The zero-order chi connectivity index (χ0) is 24.2. The first-order valence-electron chi connectivity index (χ1n) is 12.7. The van der Waals surface area contributed by atoms with Gasteiger partial charge in [-0.15, -0.1) is 0 Å². The van der Waals surface area contributed by atoms with Gasteiger partial charge in [-0.05, 0) is 87.5 Å². The second-order valence-electron chi connectivity index (χ2n) is 11.4. The average Bonchev–Trinajstić information content (AvgIpc) is 3.00. The number of ether oxygens (including phenoxy) is 3.